The zero-order valence-electron chi connectivity index (χ0n) is 17.1. The highest BCUT2D eigenvalue weighted by molar-refractivity contribution is 6.03. The molecule has 0 aliphatic carbocycles. The molecule has 0 aliphatic rings. The van der Waals surface area contributed by atoms with Gasteiger partial charge in [0.2, 0.25) is 0 Å². The lowest BCUT2D eigenvalue weighted by Crippen LogP contribution is -2.16. The number of aryl methyl sites for hydroxylation is 2. The smallest absolute Gasteiger partial charge is 0.321 e. The number of alkyl halides is 3. The Morgan fingerprint density at radius 1 is 1.06 bits per heavy atom. The third-order valence-corrected chi connectivity index (χ3v) is 4.78. The molecule has 0 aliphatic heterocycles. The molecule has 0 fully saturated rings. The monoisotopic (exact) mass is 438 g/mol. The summed E-state index contributed by atoms with van der Waals surface area (Å²) in [6.07, 6.45) is 1.21. The van der Waals surface area contributed by atoms with Crippen LogP contribution in [0.2, 0.25) is 0 Å². The molecule has 3 heterocycles. The second kappa shape index (κ2) is 8.22. The van der Waals surface area contributed by atoms with Gasteiger partial charge in [0.05, 0.1) is 23.7 Å². The van der Waals surface area contributed by atoms with Crippen LogP contribution in [0, 0.1) is 6.92 Å². The van der Waals surface area contributed by atoms with Crippen LogP contribution in [-0.4, -0.2) is 30.9 Å². The summed E-state index contributed by atoms with van der Waals surface area (Å²) in [5.41, 5.74) is 3.20. The molecule has 32 heavy (non-hydrogen) atoms. The van der Waals surface area contributed by atoms with E-state index >= 15 is 0 Å². The molecule has 10 heteroatoms. The van der Waals surface area contributed by atoms with Crippen LogP contribution in [0.1, 0.15) is 21.6 Å². The number of amides is 1. The Morgan fingerprint density at radius 2 is 1.88 bits per heavy atom. The van der Waals surface area contributed by atoms with Crippen LogP contribution >= 0.6 is 0 Å². The highest BCUT2D eigenvalue weighted by atomic mass is 19.4. The van der Waals surface area contributed by atoms with Gasteiger partial charge in [-0.2, -0.15) is 23.4 Å². The van der Waals surface area contributed by atoms with E-state index in [1.807, 2.05) is 38.4 Å². The normalized spacial score (nSPS) is 11.4. The number of aromatic nitrogens is 5. The molecule has 0 unspecified atom stereocenters. The molecule has 1 aromatic carbocycles. The van der Waals surface area contributed by atoms with E-state index in [9.17, 15) is 18.0 Å². The van der Waals surface area contributed by atoms with Gasteiger partial charge in [-0.3, -0.25) is 14.5 Å². The predicted octanol–water partition coefficient (Wildman–Crippen LogP) is 4.52. The summed E-state index contributed by atoms with van der Waals surface area (Å²) in [4.78, 5) is 16.9. The highest BCUT2D eigenvalue weighted by Crippen LogP contribution is 2.30. The molecule has 0 spiro atoms. The van der Waals surface area contributed by atoms with E-state index < -0.39 is 23.3 Å². The number of rotatable bonds is 4. The van der Waals surface area contributed by atoms with Crippen molar-refractivity contribution in [1.29, 1.82) is 0 Å². The molecule has 3 aromatic heterocycles. The highest BCUT2D eigenvalue weighted by Gasteiger charge is 2.32. The Morgan fingerprint density at radius 3 is 2.59 bits per heavy atom. The van der Waals surface area contributed by atoms with Crippen molar-refractivity contribution in [1.82, 2.24) is 25.0 Å². The van der Waals surface area contributed by atoms with E-state index in [2.05, 4.69) is 25.6 Å². The Kier molecular flexibility index (Phi) is 5.43. The first-order valence-corrected chi connectivity index (χ1v) is 9.48. The first kappa shape index (κ1) is 21.2. The van der Waals surface area contributed by atoms with Crippen molar-refractivity contribution in [2.75, 3.05) is 5.32 Å². The fraction of sp³-hybridized carbons (Fsp3) is 0.136. The fourth-order valence-corrected chi connectivity index (χ4v) is 3.15. The standard InChI is InChI=1S/C22H17F3N6O/c1-13-3-4-17(29-21(32)20-8-16(11-27-30-20)22(23,24)25)9-18(13)14-5-6-26-19(7-14)15-10-28-31(2)12-15/h3-12H,1-2H3,(H,29,32). The molecular formula is C22H17F3N6O. The molecule has 7 nitrogen and oxygen atoms in total. The number of carbonyl (C=O) groups excluding carboxylic acids is 1. The van der Waals surface area contributed by atoms with Crippen LogP contribution in [0.5, 0.6) is 0 Å². The Balaban J connectivity index is 1.62. The summed E-state index contributed by atoms with van der Waals surface area (Å²) in [7, 11) is 1.82. The van der Waals surface area contributed by atoms with Gasteiger partial charge in [0.1, 0.15) is 0 Å². The second-order valence-corrected chi connectivity index (χ2v) is 7.14. The van der Waals surface area contributed by atoms with Crippen LogP contribution in [0.25, 0.3) is 22.4 Å². The Labute approximate surface area is 181 Å². The molecule has 162 valence electrons. The number of nitrogens with one attached hydrogen (secondary N) is 1. The van der Waals surface area contributed by atoms with Crippen molar-refractivity contribution in [2.45, 2.75) is 13.1 Å². The van der Waals surface area contributed by atoms with Crippen LogP contribution < -0.4 is 5.32 Å². The van der Waals surface area contributed by atoms with E-state index in [0.29, 0.717) is 18.0 Å². The van der Waals surface area contributed by atoms with Crippen molar-refractivity contribution >= 4 is 11.6 Å². The minimum Gasteiger partial charge on any atom is -0.321 e. The first-order valence-electron chi connectivity index (χ1n) is 9.48. The largest absolute Gasteiger partial charge is 0.418 e. The summed E-state index contributed by atoms with van der Waals surface area (Å²) in [6, 6.07) is 9.64. The maximum Gasteiger partial charge on any atom is 0.418 e. The average Bonchev–Trinajstić information content (AvgIpc) is 3.21. The fourth-order valence-electron chi connectivity index (χ4n) is 3.15. The van der Waals surface area contributed by atoms with Crippen molar-refractivity contribution < 1.29 is 18.0 Å². The number of halogens is 3. The van der Waals surface area contributed by atoms with Crippen molar-refractivity contribution in [3.05, 3.63) is 78.0 Å². The van der Waals surface area contributed by atoms with Crippen LogP contribution in [0.4, 0.5) is 18.9 Å². The molecule has 0 bridgehead atoms. The summed E-state index contributed by atoms with van der Waals surface area (Å²) < 4.78 is 40.4. The van der Waals surface area contributed by atoms with E-state index in [1.54, 1.807) is 29.2 Å². The summed E-state index contributed by atoms with van der Waals surface area (Å²) >= 11 is 0. The predicted molar refractivity (Wildman–Crippen MR) is 112 cm³/mol. The zero-order chi connectivity index (χ0) is 22.9. The SMILES string of the molecule is Cc1ccc(NC(=O)c2cc(C(F)(F)F)cnn2)cc1-c1ccnc(-c2cnn(C)c2)c1. The van der Waals surface area contributed by atoms with Gasteiger partial charge in [0.25, 0.3) is 5.91 Å². The summed E-state index contributed by atoms with van der Waals surface area (Å²) in [5, 5.41) is 13.5. The summed E-state index contributed by atoms with van der Waals surface area (Å²) in [5.74, 6) is -0.788. The maximum absolute atomic E-state index is 12.9. The Bertz CT molecular complexity index is 1300. The molecule has 0 radical (unpaired) electrons. The van der Waals surface area contributed by atoms with E-state index in [1.165, 1.54) is 0 Å². The average molecular weight is 438 g/mol. The molecule has 0 atom stereocenters. The van der Waals surface area contributed by atoms with Gasteiger partial charge in [-0.15, -0.1) is 5.10 Å². The van der Waals surface area contributed by atoms with Gasteiger partial charge in [0.15, 0.2) is 5.69 Å². The van der Waals surface area contributed by atoms with Gasteiger partial charge >= 0.3 is 6.18 Å². The lowest BCUT2D eigenvalue weighted by molar-refractivity contribution is -0.137. The first-order chi connectivity index (χ1) is 15.2. The molecule has 4 rings (SSSR count). The third-order valence-electron chi connectivity index (χ3n) is 4.78. The number of hydrogen-bond acceptors (Lipinski definition) is 5. The van der Waals surface area contributed by atoms with Gasteiger partial charge in [-0.1, -0.05) is 6.07 Å². The zero-order valence-corrected chi connectivity index (χ0v) is 17.1. The number of carbonyl (C=O) groups is 1. The van der Waals surface area contributed by atoms with Crippen LogP contribution in [-0.2, 0) is 13.2 Å². The van der Waals surface area contributed by atoms with E-state index in [0.717, 1.165) is 27.9 Å². The van der Waals surface area contributed by atoms with Gasteiger partial charge < -0.3 is 5.32 Å². The molecule has 4 aromatic rings. The number of benzene rings is 1. The molecular weight excluding hydrogens is 421 g/mol. The summed E-state index contributed by atoms with van der Waals surface area (Å²) in [6.45, 7) is 1.92. The van der Waals surface area contributed by atoms with Crippen molar-refractivity contribution in [3.8, 4) is 22.4 Å². The maximum atomic E-state index is 12.9. The number of pyridine rings is 1. The lowest BCUT2D eigenvalue weighted by atomic mass is 9.99. The molecule has 0 saturated heterocycles. The second-order valence-electron chi connectivity index (χ2n) is 7.14. The van der Waals surface area contributed by atoms with Crippen molar-refractivity contribution in [3.63, 3.8) is 0 Å². The van der Waals surface area contributed by atoms with E-state index in [-0.39, 0.29) is 0 Å². The van der Waals surface area contributed by atoms with Gasteiger partial charge in [-0.25, -0.2) is 0 Å². The number of nitrogens with zero attached hydrogens (tertiary/aromatic N) is 5. The van der Waals surface area contributed by atoms with Gasteiger partial charge in [-0.05, 0) is 53.9 Å². The van der Waals surface area contributed by atoms with Gasteiger partial charge in [0, 0.05) is 30.7 Å². The minimum atomic E-state index is -4.62. The third kappa shape index (κ3) is 4.48. The molecule has 1 N–H and O–H groups in total. The molecule has 0 saturated carbocycles. The number of anilines is 1. The van der Waals surface area contributed by atoms with Crippen LogP contribution in [0.3, 0.4) is 0 Å². The Hall–Kier alpha value is -4.08. The quantitative estimate of drug-likeness (QED) is 0.506. The van der Waals surface area contributed by atoms with Crippen LogP contribution in [0.15, 0.2) is 61.2 Å². The topological polar surface area (TPSA) is 85.6 Å². The number of hydrogen-bond donors (Lipinski definition) is 1. The minimum absolute atomic E-state index is 0.412. The van der Waals surface area contributed by atoms with Crippen molar-refractivity contribution in [2.24, 2.45) is 7.05 Å². The lowest BCUT2D eigenvalue weighted by Gasteiger charge is -2.12. The molecule has 1 amide bonds. The van der Waals surface area contributed by atoms with E-state index in [4.69, 9.17) is 0 Å².